The van der Waals surface area contributed by atoms with Crippen LogP contribution in [0.4, 0.5) is 9.59 Å². The first-order valence-electron chi connectivity index (χ1n) is 4.72. The average molecular weight is 262 g/mol. The molecular formula is C8H10N2O8. The SMILES string of the molecule is O=C(O)C1C(C(=O)O)N(C(=O)O)CCN1C(=O)O. The third-order valence-corrected chi connectivity index (χ3v) is 2.55. The predicted octanol–water partition coefficient (Wildman–Crippen LogP) is -1.13. The maximum absolute atomic E-state index is 11.0. The summed E-state index contributed by atoms with van der Waals surface area (Å²) in [6.45, 7) is -0.801. The largest absolute Gasteiger partial charge is 0.480 e. The van der Waals surface area contributed by atoms with E-state index >= 15 is 0 Å². The van der Waals surface area contributed by atoms with Crippen molar-refractivity contribution in [1.29, 1.82) is 0 Å². The molecule has 0 spiro atoms. The quantitative estimate of drug-likeness (QED) is 0.486. The highest BCUT2D eigenvalue weighted by molar-refractivity contribution is 5.90. The molecule has 1 aliphatic rings. The molecule has 0 bridgehead atoms. The molecule has 2 amide bonds. The summed E-state index contributed by atoms with van der Waals surface area (Å²) in [5.41, 5.74) is 0. The van der Waals surface area contributed by atoms with Gasteiger partial charge in [-0.25, -0.2) is 19.2 Å². The number of aliphatic carboxylic acids is 2. The first-order valence-corrected chi connectivity index (χ1v) is 4.72. The van der Waals surface area contributed by atoms with Crippen LogP contribution in [0.25, 0.3) is 0 Å². The minimum Gasteiger partial charge on any atom is -0.480 e. The van der Waals surface area contributed by atoms with E-state index in [0.29, 0.717) is 9.80 Å². The number of amides is 2. The van der Waals surface area contributed by atoms with Gasteiger partial charge in [-0.2, -0.15) is 0 Å². The van der Waals surface area contributed by atoms with Crippen LogP contribution in [0.5, 0.6) is 0 Å². The third-order valence-electron chi connectivity index (χ3n) is 2.55. The van der Waals surface area contributed by atoms with Crippen LogP contribution in [-0.2, 0) is 9.59 Å². The van der Waals surface area contributed by atoms with Gasteiger partial charge in [0.1, 0.15) is 0 Å². The van der Waals surface area contributed by atoms with Crippen LogP contribution in [0.3, 0.4) is 0 Å². The van der Waals surface area contributed by atoms with Crippen molar-refractivity contribution in [2.24, 2.45) is 0 Å². The smallest absolute Gasteiger partial charge is 0.408 e. The van der Waals surface area contributed by atoms with Crippen LogP contribution in [0.15, 0.2) is 0 Å². The summed E-state index contributed by atoms with van der Waals surface area (Å²) in [7, 11) is 0. The van der Waals surface area contributed by atoms with Crippen molar-refractivity contribution >= 4 is 24.1 Å². The molecule has 1 rings (SSSR count). The molecule has 0 aliphatic carbocycles. The Kier molecular flexibility index (Phi) is 3.59. The molecule has 4 N–H and O–H groups in total. The van der Waals surface area contributed by atoms with E-state index in [4.69, 9.17) is 20.4 Å². The summed E-state index contributed by atoms with van der Waals surface area (Å²) in [6.07, 6.45) is -3.22. The predicted molar refractivity (Wildman–Crippen MR) is 52.3 cm³/mol. The molecule has 0 aromatic rings. The summed E-state index contributed by atoms with van der Waals surface area (Å²) >= 11 is 0. The Morgan fingerprint density at radius 3 is 1.17 bits per heavy atom. The highest BCUT2D eigenvalue weighted by Crippen LogP contribution is 2.18. The van der Waals surface area contributed by atoms with E-state index in [1.54, 1.807) is 0 Å². The molecule has 1 heterocycles. The lowest BCUT2D eigenvalue weighted by atomic mass is 10.0. The van der Waals surface area contributed by atoms with E-state index < -0.39 is 49.3 Å². The first kappa shape index (κ1) is 13.5. The summed E-state index contributed by atoms with van der Waals surface area (Å²) in [5.74, 6) is -3.42. The topological polar surface area (TPSA) is 156 Å². The third kappa shape index (κ3) is 2.26. The second kappa shape index (κ2) is 4.77. The highest BCUT2D eigenvalue weighted by atomic mass is 16.4. The minimum absolute atomic E-state index is 0.400. The van der Waals surface area contributed by atoms with Crippen LogP contribution in [0.1, 0.15) is 0 Å². The van der Waals surface area contributed by atoms with E-state index in [2.05, 4.69) is 0 Å². The Morgan fingerprint density at radius 1 is 0.722 bits per heavy atom. The van der Waals surface area contributed by atoms with Gasteiger partial charge < -0.3 is 20.4 Å². The Hall–Kier alpha value is -2.52. The minimum atomic E-state index is -1.97. The van der Waals surface area contributed by atoms with E-state index in [-0.39, 0.29) is 0 Å². The van der Waals surface area contributed by atoms with Gasteiger partial charge in [0.05, 0.1) is 0 Å². The number of rotatable bonds is 2. The van der Waals surface area contributed by atoms with Gasteiger partial charge in [0.15, 0.2) is 12.1 Å². The lowest BCUT2D eigenvalue weighted by Crippen LogP contribution is -2.67. The standard InChI is InChI=1S/C8H10N2O8/c11-5(12)3-4(6(13)14)10(8(17)18)2-1-9(3)7(15)16/h3-4H,1-2H2,(H,11,12)(H,13,14)(H,15,16)(H,17,18). The molecule has 2 atom stereocenters. The zero-order chi connectivity index (χ0) is 14.0. The van der Waals surface area contributed by atoms with Gasteiger partial charge in [0.25, 0.3) is 0 Å². The monoisotopic (exact) mass is 262 g/mol. The molecule has 0 radical (unpaired) electrons. The Morgan fingerprint density at radius 2 is 1.00 bits per heavy atom. The Labute approximate surface area is 99.6 Å². The second-order valence-electron chi connectivity index (χ2n) is 3.52. The fraction of sp³-hybridized carbons (Fsp3) is 0.500. The molecule has 10 heteroatoms. The zero-order valence-electron chi connectivity index (χ0n) is 8.89. The van der Waals surface area contributed by atoms with E-state index in [1.165, 1.54) is 0 Å². The number of hydrogen-bond acceptors (Lipinski definition) is 4. The molecule has 10 nitrogen and oxygen atoms in total. The zero-order valence-corrected chi connectivity index (χ0v) is 8.89. The summed E-state index contributed by atoms with van der Waals surface area (Å²) in [4.78, 5) is 44.4. The van der Waals surface area contributed by atoms with Gasteiger partial charge in [-0.3, -0.25) is 9.80 Å². The maximum atomic E-state index is 11.0. The molecule has 1 saturated heterocycles. The maximum Gasteiger partial charge on any atom is 0.408 e. The molecule has 1 fully saturated rings. The van der Waals surface area contributed by atoms with Gasteiger partial charge in [0, 0.05) is 13.1 Å². The fourth-order valence-corrected chi connectivity index (χ4v) is 1.80. The normalized spacial score (nSPS) is 23.6. The number of carboxylic acids is 2. The molecule has 0 saturated carbocycles. The van der Waals surface area contributed by atoms with Gasteiger partial charge in [0.2, 0.25) is 0 Å². The van der Waals surface area contributed by atoms with E-state index in [9.17, 15) is 19.2 Å². The average Bonchev–Trinajstić information content (AvgIpc) is 2.26. The lowest BCUT2D eigenvalue weighted by Gasteiger charge is -2.40. The summed E-state index contributed by atoms with van der Waals surface area (Å²) in [5, 5.41) is 35.3. The van der Waals surface area contributed by atoms with Crippen LogP contribution in [-0.4, -0.2) is 79.5 Å². The van der Waals surface area contributed by atoms with Crippen molar-refractivity contribution in [2.75, 3.05) is 13.1 Å². The molecule has 18 heavy (non-hydrogen) atoms. The van der Waals surface area contributed by atoms with Crippen molar-refractivity contribution in [2.45, 2.75) is 12.1 Å². The summed E-state index contributed by atoms with van der Waals surface area (Å²) < 4.78 is 0. The van der Waals surface area contributed by atoms with Crippen molar-refractivity contribution in [3.8, 4) is 0 Å². The van der Waals surface area contributed by atoms with Crippen molar-refractivity contribution in [3.63, 3.8) is 0 Å². The molecule has 0 aromatic heterocycles. The summed E-state index contributed by atoms with van der Waals surface area (Å²) in [6, 6.07) is -3.94. The van der Waals surface area contributed by atoms with Gasteiger partial charge in [-0.1, -0.05) is 0 Å². The van der Waals surface area contributed by atoms with Crippen LogP contribution < -0.4 is 0 Å². The van der Waals surface area contributed by atoms with Crippen LogP contribution >= 0.6 is 0 Å². The highest BCUT2D eigenvalue weighted by Gasteiger charge is 2.49. The number of hydrogen-bond donors (Lipinski definition) is 4. The molecule has 0 aromatic carbocycles. The molecule has 2 unspecified atom stereocenters. The van der Waals surface area contributed by atoms with Crippen LogP contribution in [0, 0.1) is 0 Å². The van der Waals surface area contributed by atoms with Gasteiger partial charge in [-0.15, -0.1) is 0 Å². The fourth-order valence-electron chi connectivity index (χ4n) is 1.80. The van der Waals surface area contributed by atoms with Crippen molar-refractivity contribution in [3.05, 3.63) is 0 Å². The Bertz CT molecular complexity index is 370. The molecule has 1 aliphatic heterocycles. The van der Waals surface area contributed by atoms with Crippen LogP contribution in [0.2, 0.25) is 0 Å². The number of carbonyl (C=O) groups is 4. The molecule has 100 valence electrons. The van der Waals surface area contributed by atoms with E-state index in [1.807, 2.05) is 0 Å². The number of nitrogens with zero attached hydrogens (tertiary/aromatic N) is 2. The van der Waals surface area contributed by atoms with E-state index in [0.717, 1.165) is 0 Å². The molecular weight excluding hydrogens is 252 g/mol. The number of piperazine rings is 1. The van der Waals surface area contributed by atoms with Gasteiger partial charge >= 0.3 is 24.1 Å². The second-order valence-corrected chi connectivity index (χ2v) is 3.52. The van der Waals surface area contributed by atoms with Crippen molar-refractivity contribution < 1.29 is 39.6 Å². The Balaban J connectivity index is 3.18. The lowest BCUT2D eigenvalue weighted by molar-refractivity contribution is -0.158. The first-order chi connectivity index (χ1) is 8.27. The van der Waals surface area contributed by atoms with Gasteiger partial charge in [-0.05, 0) is 0 Å². The van der Waals surface area contributed by atoms with Crippen molar-refractivity contribution in [1.82, 2.24) is 9.80 Å². The number of carboxylic acid groups (broad SMARTS) is 4.